The Morgan fingerprint density at radius 1 is 0.397 bits per heavy atom. The number of carbonyl (C=O) groups is 2. The number of aliphatic hydroxyl groups is 2. The van der Waals surface area contributed by atoms with Crippen LogP contribution in [0.4, 0.5) is 0 Å². The molecule has 0 saturated carbocycles. The van der Waals surface area contributed by atoms with Crippen LogP contribution in [-0.4, -0.2) is 47.4 Å². The molecular formula is C62H119NO5. The number of allylic oxidation sites excluding steroid dienone is 3. The highest BCUT2D eigenvalue weighted by Gasteiger charge is 2.18. The SMILES string of the molecule is CCCCC/C=C\CCCCCCCC(=O)OCCCCCCCCCCCCCCCCCCCCCCCCCCCCCC(=O)NC(CO)C(O)/C=C/CCCCCCCCCCCC. The first-order chi connectivity index (χ1) is 33.5. The minimum absolute atomic E-state index is 0.00759. The topological polar surface area (TPSA) is 95.9 Å². The Kier molecular flexibility index (Phi) is 56.5. The highest BCUT2D eigenvalue weighted by Crippen LogP contribution is 2.18. The van der Waals surface area contributed by atoms with Crippen molar-refractivity contribution < 1.29 is 24.5 Å². The number of nitrogens with one attached hydrogen (secondary N) is 1. The molecule has 0 saturated heterocycles. The van der Waals surface area contributed by atoms with Gasteiger partial charge in [0, 0.05) is 12.8 Å². The molecule has 0 fully saturated rings. The monoisotopic (exact) mass is 958 g/mol. The first-order valence-electron chi connectivity index (χ1n) is 30.6. The van der Waals surface area contributed by atoms with Gasteiger partial charge in [-0.2, -0.15) is 0 Å². The number of aliphatic hydroxyl groups excluding tert-OH is 2. The van der Waals surface area contributed by atoms with Gasteiger partial charge in [-0.05, 0) is 57.8 Å². The van der Waals surface area contributed by atoms with Gasteiger partial charge in [-0.25, -0.2) is 0 Å². The van der Waals surface area contributed by atoms with E-state index >= 15 is 0 Å². The lowest BCUT2D eigenvalue weighted by atomic mass is 10.0. The molecule has 0 aliphatic carbocycles. The van der Waals surface area contributed by atoms with Crippen LogP contribution in [0.5, 0.6) is 0 Å². The number of ether oxygens (including phenoxy) is 1. The van der Waals surface area contributed by atoms with Crippen LogP contribution in [0.25, 0.3) is 0 Å². The fourth-order valence-electron chi connectivity index (χ4n) is 9.51. The van der Waals surface area contributed by atoms with Gasteiger partial charge in [-0.3, -0.25) is 9.59 Å². The first-order valence-corrected chi connectivity index (χ1v) is 30.6. The van der Waals surface area contributed by atoms with Crippen LogP contribution < -0.4 is 5.32 Å². The summed E-state index contributed by atoms with van der Waals surface area (Å²) >= 11 is 0. The van der Waals surface area contributed by atoms with Crippen molar-refractivity contribution in [3.05, 3.63) is 24.3 Å². The molecule has 0 aliphatic rings. The zero-order valence-electron chi connectivity index (χ0n) is 45.9. The number of hydrogen-bond donors (Lipinski definition) is 3. The highest BCUT2D eigenvalue weighted by molar-refractivity contribution is 5.76. The second-order valence-electron chi connectivity index (χ2n) is 21.0. The second-order valence-corrected chi connectivity index (χ2v) is 21.0. The first kappa shape index (κ1) is 66.3. The Balaban J connectivity index is 3.35. The third-order valence-electron chi connectivity index (χ3n) is 14.2. The number of amides is 1. The summed E-state index contributed by atoms with van der Waals surface area (Å²) in [4.78, 5) is 24.4. The van der Waals surface area contributed by atoms with E-state index in [0.717, 1.165) is 44.9 Å². The molecule has 0 aromatic carbocycles. The minimum atomic E-state index is -0.841. The Labute approximate surface area is 424 Å². The van der Waals surface area contributed by atoms with E-state index in [2.05, 4.69) is 31.3 Å². The van der Waals surface area contributed by atoms with Crippen LogP contribution in [0.15, 0.2) is 24.3 Å². The molecule has 402 valence electrons. The molecule has 0 aromatic rings. The Bertz CT molecular complexity index is 1060. The zero-order valence-corrected chi connectivity index (χ0v) is 45.9. The molecule has 68 heavy (non-hydrogen) atoms. The van der Waals surface area contributed by atoms with Gasteiger partial charge in [0.15, 0.2) is 0 Å². The smallest absolute Gasteiger partial charge is 0.305 e. The van der Waals surface area contributed by atoms with Gasteiger partial charge >= 0.3 is 5.97 Å². The van der Waals surface area contributed by atoms with Gasteiger partial charge in [0.05, 0.1) is 25.4 Å². The van der Waals surface area contributed by atoms with Gasteiger partial charge in [-0.15, -0.1) is 0 Å². The quantitative estimate of drug-likeness (QED) is 0.0321. The Morgan fingerprint density at radius 2 is 0.691 bits per heavy atom. The lowest BCUT2D eigenvalue weighted by Crippen LogP contribution is -2.45. The molecule has 0 rings (SSSR count). The maximum absolute atomic E-state index is 12.4. The molecular weight excluding hydrogens is 839 g/mol. The number of rotatable bonds is 57. The molecule has 3 N–H and O–H groups in total. The summed E-state index contributed by atoms with van der Waals surface area (Å²) < 4.78 is 5.47. The van der Waals surface area contributed by atoms with Crippen molar-refractivity contribution in [2.45, 2.75) is 347 Å². The van der Waals surface area contributed by atoms with Crippen LogP contribution in [0.3, 0.4) is 0 Å². The fraction of sp³-hybridized carbons (Fsp3) is 0.903. The molecule has 0 heterocycles. The normalized spacial score (nSPS) is 12.7. The average Bonchev–Trinajstić information content (AvgIpc) is 3.34. The standard InChI is InChI=1S/C62H119NO5/c1-3-5-7-9-11-13-15-34-38-42-46-50-54-60(65)59(58-64)63-61(66)55-51-47-43-39-35-32-30-28-26-24-22-20-18-17-19-21-23-25-27-29-31-33-37-41-45-49-53-57-68-62(67)56-52-48-44-40-36-16-14-12-10-8-6-4-2/h12,14,50,54,59-60,64-65H,3-11,13,15-49,51-53,55-58H2,1-2H3,(H,63,66)/b14-12-,54-50+. The number of carbonyl (C=O) groups excluding carboxylic acids is 2. The fourth-order valence-corrected chi connectivity index (χ4v) is 9.51. The summed E-state index contributed by atoms with van der Waals surface area (Å²) in [5.74, 6) is -0.0574. The van der Waals surface area contributed by atoms with Crippen LogP contribution >= 0.6 is 0 Å². The van der Waals surface area contributed by atoms with Crippen LogP contribution in [0, 0.1) is 0 Å². The third kappa shape index (κ3) is 53.7. The van der Waals surface area contributed by atoms with Gasteiger partial charge in [0.1, 0.15) is 0 Å². The third-order valence-corrected chi connectivity index (χ3v) is 14.2. The maximum atomic E-state index is 12.4. The van der Waals surface area contributed by atoms with Crippen molar-refractivity contribution in [3.8, 4) is 0 Å². The van der Waals surface area contributed by atoms with Gasteiger partial charge in [-0.1, -0.05) is 289 Å². The van der Waals surface area contributed by atoms with Crippen molar-refractivity contribution in [1.29, 1.82) is 0 Å². The van der Waals surface area contributed by atoms with Gasteiger partial charge in [0.2, 0.25) is 5.91 Å². The van der Waals surface area contributed by atoms with E-state index in [1.165, 1.54) is 263 Å². The predicted octanol–water partition coefficient (Wildman–Crippen LogP) is 19.0. The van der Waals surface area contributed by atoms with Crippen molar-refractivity contribution in [1.82, 2.24) is 5.32 Å². The molecule has 0 aliphatic heterocycles. The largest absolute Gasteiger partial charge is 0.466 e. The Morgan fingerprint density at radius 3 is 1.07 bits per heavy atom. The average molecular weight is 959 g/mol. The molecule has 2 atom stereocenters. The predicted molar refractivity (Wildman–Crippen MR) is 296 cm³/mol. The van der Waals surface area contributed by atoms with Crippen molar-refractivity contribution >= 4 is 11.9 Å². The van der Waals surface area contributed by atoms with Crippen LogP contribution in [0.1, 0.15) is 335 Å². The summed E-state index contributed by atoms with van der Waals surface area (Å²) in [7, 11) is 0. The lowest BCUT2D eigenvalue weighted by Gasteiger charge is -2.20. The van der Waals surface area contributed by atoms with E-state index < -0.39 is 12.1 Å². The molecule has 0 bridgehead atoms. The summed E-state index contributed by atoms with van der Waals surface area (Å²) in [5, 5.41) is 23.1. The maximum Gasteiger partial charge on any atom is 0.305 e. The molecule has 0 aromatic heterocycles. The van der Waals surface area contributed by atoms with Crippen LogP contribution in [0.2, 0.25) is 0 Å². The molecule has 6 heteroatoms. The highest BCUT2D eigenvalue weighted by atomic mass is 16.5. The molecule has 0 spiro atoms. The summed E-state index contributed by atoms with van der Waals surface area (Å²) in [6.45, 7) is 4.88. The number of unbranched alkanes of at least 4 members (excludes halogenated alkanes) is 44. The van der Waals surface area contributed by atoms with E-state index in [-0.39, 0.29) is 18.5 Å². The van der Waals surface area contributed by atoms with E-state index in [0.29, 0.717) is 19.4 Å². The van der Waals surface area contributed by atoms with Crippen molar-refractivity contribution in [2.24, 2.45) is 0 Å². The minimum Gasteiger partial charge on any atom is -0.466 e. The van der Waals surface area contributed by atoms with Gasteiger partial charge < -0.3 is 20.3 Å². The summed E-state index contributed by atoms with van der Waals surface area (Å²) in [5.41, 5.74) is 0. The summed E-state index contributed by atoms with van der Waals surface area (Å²) in [6.07, 6.45) is 70.8. The number of hydrogen-bond acceptors (Lipinski definition) is 5. The molecule has 2 unspecified atom stereocenters. The summed E-state index contributed by atoms with van der Waals surface area (Å²) in [6, 6.07) is -0.624. The van der Waals surface area contributed by atoms with Crippen molar-refractivity contribution in [3.63, 3.8) is 0 Å². The zero-order chi connectivity index (χ0) is 49.3. The van der Waals surface area contributed by atoms with E-state index in [9.17, 15) is 19.8 Å². The van der Waals surface area contributed by atoms with E-state index in [1.807, 2.05) is 6.08 Å². The Hall–Kier alpha value is -1.66. The van der Waals surface area contributed by atoms with Gasteiger partial charge in [0.25, 0.3) is 0 Å². The number of esters is 1. The second kappa shape index (κ2) is 57.9. The lowest BCUT2D eigenvalue weighted by molar-refractivity contribution is -0.143. The van der Waals surface area contributed by atoms with E-state index in [1.54, 1.807) is 6.08 Å². The molecule has 0 radical (unpaired) electrons. The van der Waals surface area contributed by atoms with Crippen LogP contribution in [-0.2, 0) is 14.3 Å². The molecule has 6 nitrogen and oxygen atoms in total. The van der Waals surface area contributed by atoms with E-state index in [4.69, 9.17) is 4.74 Å². The molecule has 1 amide bonds. The van der Waals surface area contributed by atoms with Crippen molar-refractivity contribution in [2.75, 3.05) is 13.2 Å².